The molecule has 0 saturated heterocycles. The number of fused-ring (bicyclic) bond motifs is 2. The van der Waals surface area contributed by atoms with E-state index in [9.17, 15) is 18.0 Å². The predicted octanol–water partition coefficient (Wildman–Crippen LogP) is 3.22. The van der Waals surface area contributed by atoms with Gasteiger partial charge in [0.1, 0.15) is 5.70 Å². The minimum Gasteiger partial charge on any atom is -0.479 e. The van der Waals surface area contributed by atoms with Crippen LogP contribution in [0.2, 0.25) is 0 Å². The number of benzene rings is 3. The number of hydrogen-bond donors (Lipinski definition) is 0. The molecule has 0 saturated carbocycles. The summed E-state index contributed by atoms with van der Waals surface area (Å²) >= 11 is 0. The van der Waals surface area contributed by atoms with Crippen molar-refractivity contribution in [2.45, 2.75) is 4.90 Å². The van der Waals surface area contributed by atoms with Gasteiger partial charge >= 0.3 is 5.97 Å². The van der Waals surface area contributed by atoms with E-state index in [1.54, 1.807) is 36.4 Å². The highest BCUT2D eigenvalue weighted by molar-refractivity contribution is 7.89. The van der Waals surface area contributed by atoms with Crippen molar-refractivity contribution in [3.05, 3.63) is 83.6 Å². The molecule has 1 heterocycles. The zero-order valence-corrected chi connectivity index (χ0v) is 17.7. The lowest BCUT2D eigenvalue weighted by molar-refractivity contribution is -0.143. The van der Waals surface area contributed by atoms with Crippen LogP contribution in [0.25, 0.3) is 16.5 Å². The maximum absolute atomic E-state index is 13.5. The fourth-order valence-electron chi connectivity index (χ4n) is 3.47. The number of ether oxygens (including phenoxy) is 2. The van der Waals surface area contributed by atoms with Crippen molar-refractivity contribution in [3.8, 4) is 0 Å². The lowest BCUT2D eigenvalue weighted by Gasteiger charge is -2.30. The first-order valence-electron chi connectivity index (χ1n) is 9.40. The van der Waals surface area contributed by atoms with Crippen LogP contribution >= 0.6 is 0 Å². The van der Waals surface area contributed by atoms with Crippen molar-refractivity contribution in [1.82, 2.24) is 4.31 Å². The first-order valence-corrected chi connectivity index (χ1v) is 10.8. The van der Waals surface area contributed by atoms with Crippen molar-refractivity contribution < 1.29 is 27.5 Å². The molecular weight excluding hydrogens is 418 g/mol. The van der Waals surface area contributed by atoms with Gasteiger partial charge in [0, 0.05) is 18.2 Å². The highest BCUT2D eigenvalue weighted by atomic mass is 32.2. The van der Waals surface area contributed by atoms with Crippen LogP contribution in [0.15, 0.2) is 77.3 Å². The number of hydrogen-bond acceptors (Lipinski definition) is 6. The van der Waals surface area contributed by atoms with E-state index in [0.29, 0.717) is 5.56 Å². The number of allylic oxidation sites excluding steroid dienone is 1. The van der Waals surface area contributed by atoms with Gasteiger partial charge in [0.2, 0.25) is 5.78 Å². The van der Waals surface area contributed by atoms with E-state index in [1.165, 1.54) is 20.2 Å². The van der Waals surface area contributed by atoms with E-state index in [-0.39, 0.29) is 21.9 Å². The third-order valence-electron chi connectivity index (χ3n) is 5.09. The summed E-state index contributed by atoms with van der Waals surface area (Å²) in [5.41, 5.74) is 0.348. The zero-order chi connectivity index (χ0) is 22.2. The molecule has 0 aliphatic carbocycles. The Morgan fingerprint density at radius 1 is 0.935 bits per heavy atom. The first-order chi connectivity index (χ1) is 14.8. The molecule has 0 radical (unpaired) electrons. The molecule has 3 aromatic rings. The molecule has 3 aromatic carbocycles. The average Bonchev–Trinajstić information content (AvgIpc) is 2.79. The monoisotopic (exact) mass is 437 g/mol. The van der Waals surface area contributed by atoms with E-state index < -0.39 is 28.4 Å². The number of rotatable bonds is 5. The number of ketones is 1. The van der Waals surface area contributed by atoms with Gasteiger partial charge in [-0.25, -0.2) is 13.2 Å². The van der Waals surface area contributed by atoms with E-state index in [4.69, 9.17) is 4.74 Å². The summed E-state index contributed by atoms with van der Waals surface area (Å²) in [4.78, 5) is 25.2. The minimum absolute atomic E-state index is 0.00701. The molecule has 1 aliphatic rings. The molecular formula is C23H19NO6S. The Labute approximate surface area is 179 Å². The quantitative estimate of drug-likeness (QED) is 0.450. The molecule has 7 nitrogen and oxygen atoms in total. The van der Waals surface area contributed by atoms with Crippen LogP contribution in [0, 0.1) is 0 Å². The van der Waals surface area contributed by atoms with Crippen molar-refractivity contribution >= 4 is 38.3 Å². The van der Waals surface area contributed by atoms with Crippen LogP contribution in [0.3, 0.4) is 0 Å². The van der Waals surface area contributed by atoms with Gasteiger partial charge in [0.25, 0.3) is 10.0 Å². The molecule has 31 heavy (non-hydrogen) atoms. The number of carbonyl (C=O) groups excluding carboxylic acids is 2. The molecule has 158 valence electrons. The van der Waals surface area contributed by atoms with Gasteiger partial charge in [0.15, 0.2) is 12.4 Å². The predicted molar refractivity (Wildman–Crippen MR) is 115 cm³/mol. The molecule has 8 heteroatoms. The number of carbonyl (C=O) groups is 2. The molecule has 0 bridgehead atoms. The molecule has 0 spiro atoms. The normalized spacial score (nSPS) is 14.8. The Morgan fingerprint density at radius 2 is 1.61 bits per heavy atom. The Balaban J connectivity index is 1.91. The number of Topliss-reactive ketones (excluding diaryl/α,β-unsaturated/α-hetero) is 1. The van der Waals surface area contributed by atoms with Gasteiger partial charge in [-0.3, -0.25) is 9.10 Å². The van der Waals surface area contributed by atoms with E-state index >= 15 is 0 Å². The number of nitrogens with zero attached hydrogens (tertiary/aromatic N) is 1. The number of methoxy groups -OCH3 is 1. The van der Waals surface area contributed by atoms with Gasteiger partial charge < -0.3 is 9.47 Å². The van der Waals surface area contributed by atoms with Crippen molar-refractivity contribution in [2.75, 3.05) is 20.8 Å². The van der Waals surface area contributed by atoms with E-state index in [0.717, 1.165) is 15.1 Å². The Morgan fingerprint density at radius 3 is 2.35 bits per heavy atom. The summed E-state index contributed by atoms with van der Waals surface area (Å²) < 4.78 is 37.4. The first kappa shape index (κ1) is 20.6. The molecule has 0 aromatic heterocycles. The average molecular weight is 437 g/mol. The van der Waals surface area contributed by atoms with E-state index in [1.807, 2.05) is 24.3 Å². The Hall–Kier alpha value is -3.65. The summed E-state index contributed by atoms with van der Waals surface area (Å²) in [7, 11) is -1.48. The molecule has 0 atom stereocenters. The van der Waals surface area contributed by atoms with Crippen LogP contribution in [-0.2, 0) is 24.3 Å². The molecule has 0 amide bonds. The summed E-state index contributed by atoms with van der Waals surface area (Å²) in [5, 5.41) is 1.79. The maximum Gasteiger partial charge on any atom is 0.343 e. The van der Waals surface area contributed by atoms with E-state index in [2.05, 4.69) is 4.74 Å². The maximum atomic E-state index is 13.5. The third-order valence-corrected chi connectivity index (χ3v) is 6.90. The fraction of sp³-hybridized carbons (Fsp3) is 0.130. The van der Waals surface area contributed by atoms with Crippen LogP contribution in [0.4, 0.5) is 0 Å². The van der Waals surface area contributed by atoms with Gasteiger partial charge in [-0.1, -0.05) is 48.5 Å². The molecule has 1 aliphatic heterocycles. The second-order valence-electron chi connectivity index (χ2n) is 6.90. The second kappa shape index (κ2) is 7.88. The lowest BCUT2D eigenvalue weighted by Crippen LogP contribution is -2.36. The van der Waals surface area contributed by atoms with Gasteiger partial charge in [-0.2, -0.15) is 0 Å². The van der Waals surface area contributed by atoms with Crippen LogP contribution in [0.5, 0.6) is 0 Å². The summed E-state index contributed by atoms with van der Waals surface area (Å²) in [6, 6.07) is 18.9. The van der Waals surface area contributed by atoms with Gasteiger partial charge in [0.05, 0.1) is 12.0 Å². The van der Waals surface area contributed by atoms with Crippen molar-refractivity contribution in [3.63, 3.8) is 0 Å². The molecule has 4 rings (SSSR count). The smallest absolute Gasteiger partial charge is 0.343 e. The van der Waals surface area contributed by atoms with Crippen molar-refractivity contribution in [2.24, 2.45) is 0 Å². The minimum atomic E-state index is -3.98. The van der Waals surface area contributed by atoms with Crippen LogP contribution in [0.1, 0.15) is 15.9 Å². The number of sulfonamides is 1. The Kier molecular flexibility index (Phi) is 5.24. The fourth-order valence-corrected chi connectivity index (χ4v) is 4.86. The summed E-state index contributed by atoms with van der Waals surface area (Å²) in [6.45, 7) is -0.470. The van der Waals surface area contributed by atoms with Crippen LogP contribution in [-0.4, -0.2) is 45.2 Å². The zero-order valence-electron chi connectivity index (χ0n) is 16.9. The summed E-state index contributed by atoms with van der Waals surface area (Å²) in [5.74, 6) is -1.18. The summed E-state index contributed by atoms with van der Waals surface area (Å²) in [6.07, 6.45) is 0. The van der Waals surface area contributed by atoms with Crippen LogP contribution < -0.4 is 0 Å². The standard InChI is InChI=1S/C23H19NO6S/c1-24-21(22(26)17-12-11-15-7-3-4-8-16(15)13-17)23(30-14-20(25)29-2)18-9-5-6-10-19(18)31(24,27)28/h3-13H,14H2,1-2H3. The molecule has 0 fully saturated rings. The number of esters is 1. The highest BCUT2D eigenvalue weighted by Gasteiger charge is 2.39. The highest BCUT2D eigenvalue weighted by Crippen LogP contribution is 2.38. The third kappa shape index (κ3) is 3.55. The molecule has 0 unspecified atom stereocenters. The molecule has 0 N–H and O–H groups in total. The van der Waals surface area contributed by atoms with Gasteiger partial charge in [-0.05, 0) is 29.0 Å². The largest absolute Gasteiger partial charge is 0.479 e. The Bertz CT molecular complexity index is 1340. The van der Waals surface area contributed by atoms with Gasteiger partial charge in [-0.15, -0.1) is 0 Å². The topological polar surface area (TPSA) is 90.0 Å². The second-order valence-corrected chi connectivity index (χ2v) is 8.84. The number of likely N-dealkylation sites (N-methyl/N-ethyl adjacent to an activating group) is 1. The van der Waals surface area contributed by atoms with Crippen molar-refractivity contribution in [1.29, 1.82) is 0 Å². The SMILES string of the molecule is COC(=O)COC1=C(C(=O)c2ccc3ccccc3c2)N(C)S(=O)(=O)c2ccccc21. The lowest BCUT2D eigenvalue weighted by atomic mass is 10.0.